The van der Waals surface area contributed by atoms with Crippen LogP contribution in [0.15, 0.2) is 0 Å². The van der Waals surface area contributed by atoms with Crippen molar-refractivity contribution in [1.29, 1.82) is 0 Å². The lowest BCUT2D eigenvalue weighted by Gasteiger charge is -1.76. The molecule has 0 fully saturated rings. The zero-order valence-electron chi connectivity index (χ0n) is 2.29. The molecule has 0 bridgehead atoms. The van der Waals surface area contributed by atoms with E-state index in [1.165, 1.54) is 0 Å². The molecule has 0 aromatic rings. The van der Waals surface area contributed by atoms with Crippen LogP contribution in [-0.2, 0) is 0 Å². The van der Waals surface area contributed by atoms with Crippen LogP contribution in [0.3, 0.4) is 0 Å². The van der Waals surface area contributed by atoms with E-state index in [0.717, 1.165) is 0 Å². The van der Waals surface area contributed by atoms with Gasteiger partial charge >= 0.3 is 8.60 Å². The molecule has 5 heavy (non-hydrogen) atoms. The van der Waals surface area contributed by atoms with Crippen LogP contribution in [-0.4, -0.2) is 14.7 Å². The summed E-state index contributed by atoms with van der Waals surface area (Å²) in [5.41, 5.74) is 0. The van der Waals surface area contributed by atoms with Gasteiger partial charge in [0.25, 0.3) is 0 Å². The van der Waals surface area contributed by atoms with Crippen molar-refractivity contribution < 1.29 is 14.7 Å². The summed E-state index contributed by atoms with van der Waals surface area (Å²) in [5, 5.41) is 0. The molecule has 0 spiro atoms. The summed E-state index contributed by atoms with van der Waals surface area (Å²) in [6.07, 6.45) is 0. The maximum absolute atomic E-state index is 7.23. The van der Waals surface area contributed by atoms with Crippen molar-refractivity contribution >= 4 is 22.1 Å². The summed E-state index contributed by atoms with van der Waals surface area (Å²) in [6.45, 7) is 0. The van der Waals surface area contributed by atoms with Crippen LogP contribution in [0.1, 0.15) is 0 Å². The molecule has 0 aliphatic rings. The van der Waals surface area contributed by atoms with Gasteiger partial charge in [0.2, 0.25) is 0 Å². The molecule has 0 saturated carbocycles. The predicted octanol–water partition coefficient (Wildman–Crippen LogP) is -0.697. The van der Waals surface area contributed by atoms with Crippen LogP contribution in [0.2, 0.25) is 0 Å². The van der Waals surface area contributed by atoms with E-state index >= 15 is 0 Å². The Bertz CT molecular complexity index is 11.6. The molecule has 0 heterocycles. The third kappa shape index (κ3) is 75.7. The van der Waals surface area contributed by atoms with Crippen LogP contribution >= 0.6 is 22.1 Å². The average Bonchev–Trinajstić information content (AvgIpc) is 0.811. The van der Waals surface area contributed by atoms with Crippen molar-refractivity contribution in [3.8, 4) is 0 Å². The van der Waals surface area contributed by atoms with E-state index in [1.54, 1.807) is 0 Å². The van der Waals surface area contributed by atoms with Crippen LogP contribution in [0, 0.1) is 0 Å². The Hall–Kier alpha value is 0.660. The Kier molecular flexibility index (Phi) is 8.55. The van der Waals surface area contributed by atoms with Gasteiger partial charge in [-0.3, -0.25) is 0 Å². The van der Waals surface area contributed by atoms with Gasteiger partial charge in [-0.05, 0) is 0 Å². The number of hydrogen-bond donors (Lipinski definition) is 3. The van der Waals surface area contributed by atoms with Gasteiger partial charge < -0.3 is 14.7 Å². The third-order valence-electron chi connectivity index (χ3n) is 0. The molecule has 34 valence electrons. The van der Waals surface area contributed by atoms with Crippen molar-refractivity contribution in [3.05, 3.63) is 0 Å². The van der Waals surface area contributed by atoms with Gasteiger partial charge in [0.05, 0.1) is 0 Å². The highest BCUT2D eigenvalue weighted by Gasteiger charge is 1.76. The van der Waals surface area contributed by atoms with Crippen LogP contribution < -0.4 is 0 Å². The zero-order valence-corrected chi connectivity index (χ0v) is 4.18. The molecule has 3 nitrogen and oxygen atoms in total. The van der Waals surface area contributed by atoms with Gasteiger partial charge in [0, 0.05) is 0 Å². The van der Waals surface area contributed by atoms with E-state index in [4.69, 9.17) is 14.7 Å². The van der Waals surface area contributed by atoms with Gasteiger partial charge in [-0.2, -0.15) is 13.5 Å². The summed E-state index contributed by atoms with van der Waals surface area (Å²) in [7, 11) is -2.62. The SMILES string of the molecule is OP(O)O.S. The minimum Gasteiger partial charge on any atom is -0.328 e. The fourth-order valence-corrected chi connectivity index (χ4v) is 0. The van der Waals surface area contributed by atoms with E-state index in [-0.39, 0.29) is 13.5 Å². The highest BCUT2D eigenvalue weighted by atomic mass is 32.1. The minimum absolute atomic E-state index is 0. The topological polar surface area (TPSA) is 60.7 Å². The maximum Gasteiger partial charge on any atom is 0.324 e. The van der Waals surface area contributed by atoms with Gasteiger partial charge in [-0.25, -0.2) is 0 Å². The molecule has 0 aliphatic carbocycles. The lowest BCUT2D eigenvalue weighted by molar-refractivity contribution is 0.368. The molecule has 0 unspecified atom stereocenters. The van der Waals surface area contributed by atoms with Crippen molar-refractivity contribution in [2.45, 2.75) is 0 Å². The van der Waals surface area contributed by atoms with Crippen LogP contribution in [0.4, 0.5) is 0 Å². The summed E-state index contributed by atoms with van der Waals surface area (Å²) in [6, 6.07) is 0. The maximum atomic E-state index is 7.23. The Morgan fingerprint density at radius 2 is 1.00 bits per heavy atom. The molecule has 0 radical (unpaired) electrons. The lowest BCUT2D eigenvalue weighted by atomic mass is 15.8. The predicted molar refractivity (Wildman–Crippen MR) is 24.0 cm³/mol. The largest absolute Gasteiger partial charge is 0.328 e. The van der Waals surface area contributed by atoms with Crippen molar-refractivity contribution in [1.82, 2.24) is 0 Å². The number of rotatable bonds is 0. The van der Waals surface area contributed by atoms with Gasteiger partial charge in [-0.15, -0.1) is 0 Å². The third-order valence-corrected chi connectivity index (χ3v) is 0. The van der Waals surface area contributed by atoms with Crippen LogP contribution in [0.25, 0.3) is 0 Å². The van der Waals surface area contributed by atoms with Gasteiger partial charge in [0.15, 0.2) is 0 Å². The molecule has 0 saturated heterocycles. The number of hydrogen-bond acceptors (Lipinski definition) is 3. The molecule has 3 N–H and O–H groups in total. The molecule has 0 atom stereocenters. The normalized spacial score (nSPS) is 7.20. The lowest BCUT2D eigenvalue weighted by Crippen LogP contribution is -1.54. The van der Waals surface area contributed by atoms with E-state index in [2.05, 4.69) is 0 Å². The van der Waals surface area contributed by atoms with E-state index < -0.39 is 8.60 Å². The quantitative estimate of drug-likeness (QED) is 0.367. The molecule has 0 amide bonds. The summed E-state index contributed by atoms with van der Waals surface area (Å²) in [5.74, 6) is 0. The Labute approximate surface area is 37.7 Å². The highest BCUT2D eigenvalue weighted by molar-refractivity contribution is 7.59. The Balaban J connectivity index is 0. The molecule has 5 heteroatoms. The average molecular weight is 116 g/mol. The summed E-state index contributed by atoms with van der Waals surface area (Å²) >= 11 is 0. The summed E-state index contributed by atoms with van der Waals surface area (Å²) < 4.78 is 0. The minimum atomic E-state index is -2.62. The first-order valence-corrected chi connectivity index (χ1v) is 1.80. The first-order chi connectivity index (χ1) is 1.73. The van der Waals surface area contributed by atoms with Crippen LogP contribution in [0.5, 0.6) is 0 Å². The molecular weight excluding hydrogens is 111 g/mol. The Morgan fingerprint density at radius 1 is 1.00 bits per heavy atom. The second-order valence-corrected chi connectivity index (χ2v) is 0.805. The second kappa shape index (κ2) is 4.66. The molecular formula is H5O3PS. The smallest absolute Gasteiger partial charge is 0.324 e. The summed E-state index contributed by atoms with van der Waals surface area (Å²) in [4.78, 5) is 21.7. The van der Waals surface area contributed by atoms with E-state index in [9.17, 15) is 0 Å². The first-order valence-electron chi connectivity index (χ1n) is 0.600. The molecule has 0 aromatic carbocycles. The van der Waals surface area contributed by atoms with Crippen molar-refractivity contribution in [2.24, 2.45) is 0 Å². The standard InChI is InChI=1S/H3O3P.H2S/c1-4(2)3;/h1-3H;1H2. The molecule has 0 aliphatic heterocycles. The zero-order chi connectivity index (χ0) is 3.58. The van der Waals surface area contributed by atoms with E-state index in [0.29, 0.717) is 0 Å². The first kappa shape index (κ1) is 9.18. The Morgan fingerprint density at radius 3 is 1.00 bits per heavy atom. The van der Waals surface area contributed by atoms with E-state index in [1.807, 2.05) is 0 Å². The monoisotopic (exact) mass is 116 g/mol. The fourth-order valence-electron chi connectivity index (χ4n) is 0. The van der Waals surface area contributed by atoms with Crippen molar-refractivity contribution in [3.63, 3.8) is 0 Å². The molecule has 0 aromatic heterocycles. The van der Waals surface area contributed by atoms with Crippen molar-refractivity contribution in [2.75, 3.05) is 0 Å². The second-order valence-electron chi connectivity index (χ2n) is 0.268. The highest BCUT2D eigenvalue weighted by Crippen LogP contribution is 2.11. The van der Waals surface area contributed by atoms with Gasteiger partial charge in [-0.1, -0.05) is 0 Å². The van der Waals surface area contributed by atoms with Gasteiger partial charge in [0.1, 0.15) is 0 Å². The molecule has 0 rings (SSSR count). The fraction of sp³-hybridized carbons (Fsp3) is 0.